The van der Waals surface area contributed by atoms with Gasteiger partial charge in [0.25, 0.3) is 5.56 Å². The van der Waals surface area contributed by atoms with Gasteiger partial charge in [0.1, 0.15) is 11.5 Å². The molecule has 1 fully saturated rings. The van der Waals surface area contributed by atoms with Gasteiger partial charge in [-0.3, -0.25) is 18.7 Å². The molecule has 0 amide bonds. The van der Waals surface area contributed by atoms with E-state index in [2.05, 4.69) is 10.3 Å². The van der Waals surface area contributed by atoms with Gasteiger partial charge >= 0.3 is 11.7 Å². The summed E-state index contributed by atoms with van der Waals surface area (Å²) in [7, 11) is 0. The van der Waals surface area contributed by atoms with E-state index in [9.17, 15) is 14.4 Å². The van der Waals surface area contributed by atoms with Crippen LogP contribution in [0.3, 0.4) is 0 Å². The molecule has 0 unspecified atom stereocenters. The van der Waals surface area contributed by atoms with Crippen molar-refractivity contribution in [1.29, 1.82) is 0 Å². The number of carbonyl (C=O) groups is 1. The van der Waals surface area contributed by atoms with E-state index in [0.717, 1.165) is 31.8 Å². The zero-order valence-electron chi connectivity index (χ0n) is 16.0. The molecule has 9 heteroatoms. The Hall–Kier alpha value is -2.42. The van der Waals surface area contributed by atoms with E-state index in [1.54, 1.807) is 4.57 Å². The maximum atomic E-state index is 12.9. The highest BCUT2D eigenvalue weighted by Gasteiger charge is 2.26. The number of piperidine rings is 1. The van der Waals surface area contributed by atoms with Gasteiger partial charge in [-0.05, 0) is 51.1 Å². The van der Waals surface area contributed by atoms with Crippen molar-refractivity contribution in [1.82, 2.24) is 24.0 Å². The third-order valence-corrected chi connectivity index (χ3v) is 5.99. The molecule has 1 saturated heterocycles. The van der Waals surface area contributed by atoms with Gasteiger partial charge in [-0.2, -0.15) is 0 Å². The normalized spacial score (nSPS) is 16.9. The van der Waals surface area contributed by atoms with Crippen molar-refractivity contribution in [3.8, 4) is 0 Å². The second kappa shape index (κ2) is 7.90. The first-order chi connectivity index (χ1) is 13.6. The van der Waals surface area contributed by atoms with Crippen molar-refractivity contribution in [3.05, 3.63) is 26.7 Å². The lowest BCUT2D eigenvalue weighted by Crippen LogP contribution is -2.39. The summed E-state index contributed by atoms with van der Waals surface area (Å²) < 4.78 is 4.91. The van der Waals surface area contributed by atoms with Crippen molar-refractivity contribution in [2.45, 2.75) is 64.6 Å². The first-order valence-electron chi connectivity index (χ1n) is 10.2. The molecule has 2 aliphatic rings. The number of carboxylic acid groups (broad SMARTS) is 1. The summed E-state index contributed by atoms with van der Waals surface area (Å²) in [6, 6.07) is 0. The number of aromatic nitrogens is 4. The fourth-order valence-corrected chi connectivity index (χ4v) is 4.43. The molecule has 4 heterocycles. The van der Waals surface area contributed by atoms with Gasteiger partial charge in [-0.1, -0.05) is 0 Å². The highest BCUT2D eigenvalue weighted by molar-refractivity contribution is 5.72. The lowest BCUT2D eigenvalue weighted by atomic mass is 9.93. The SMILES string of the molecule is O=C(O)CCCCn1c(=O)c2nc(CCC3CCNCC3)n3c2n(c1=O)CC3. The second-order valence-electron chi connectivity index (χ2n) is 7.83. The molecule has 4 rings (SSSR count). The van der Waals surface area contributed by atoms with E-state index < -0.39 is 5.97 Å². The first-order valence-corrected chi connectivity index (χ1v) is 10.2. The smallest absolute Gasteiger partial charge is 0.332 e. The van der Waals surface area contributed by atoms with Crippen LogP contribution in [-0.2, 0) is 30.8 Å². The highest BCUT2D eigenvalue weighted by atomic mass is 16.4. The summed E-state index contributed by atoms with van der Waals surface area (Å²) in [6.07, 6.45) is 5.19. The molecule has 0 aliphatic carbocycles. The lowest BCUT2D eigenvalue weighted by molar-refractivity contribution is -0.137. The number of carboxylic acids is 1. The summed E-state index contributed by atoms with van der Waals surface area (Å²) in [5.74, 6) is 0.721. The largest absolute Gasteiger partial charge is 0.481 e. The Labute approximate surface area is 162 Å². The van der Waals surface area contributed by atoms with Crippen molar-refractivity contribution in [2.24, 2.45) is 5.92 Å². The predicted molar refractivity (Wildman–Crippen MR) is 104 cm³/mol. The van der Waals surface area contributed by atoms with Crippen molar-refractivity contribution in [3.63, 3.8) is 0 Å². The minimum atomic E-state index is -0.866. The number of unbranched alkanes of at least 4 members (excludes halogenated alkanes) is 1. The molecule has 9 nitrogen and oxygen atoms in total. The maximum Gasteiger partial charge on any atom is 0.332 e. The third kappa shape index (κ3) is 3.50. The van der Waals surface area contributed by atoms with E-state index in [4.69, 9.17) is 5.11 Å². The van der Waals surface area contributed by atoms with E-state index >= 15 is 0 Å². The van der Waals surface area contributed by atoms with Gasteiger partial charge < -0.3 is 15.0 Å². The van der Waals surface area contributed by atoms with Crippen LogP contribution < -0.4 is 16.6 Å². The maximum absolute atomic E-state index is 12.9. The average molecular weight is 389 g/mol. The fraction of sp³-hybridized carbons (Fsp3) is 0.684. The lowest BCUT2D eigenvalue weighted by Gasteiger charge is -2.22. The number of nitrogens with zero attached hydrogens (tertiary/aromatic N) is 4. The molecule has 0 radical (unpaired) electrons. The zero-order chi connectivity index (χ0) is 19.7. The Bertz CT molecular complexity index is 996. The minimum Gasteiger partial charge on any atom is -0.481 e. The van der Waals surface area contributed by atoms with Crippen LogP contribution in [0.15, 0.2) is 9.59 Å². The molecule has 28 heavy (non-hydrogen) atoms. The van der Waals surface area contributed by atoms with Crippen LogP contribution in [-0.4, -0.2) is 42.9 Å². The fourth-order valence-electron chi connectivity index (χ4n) is 4.43. The number of aryl methyl sites for hydroxylation is 3. The molecule has 0 spiro atoms. The summed E-state index contributed by atoms with van der Waals surface area (Å²) in [6.45, 7) is 3.59. The Morgan fingerprint density at radius 3 is 2.64 bits per heavy atom. The van der Waals surface area contributed by atoms with Crippen LogP contribution in [0.4, 0.5) is 0 Å². The van der Waals surface area contributed by atoms with Gasteiger partial charge in [-0.25, -0.2) is 9.78 Å². The number of imidazole rings is 1. The van der Waals surface area contributed by atoms with Crippen LogP contribution >= 0.6 is 0 Å². The van der Waals surface area contributed by atoms with Gasteiger partial charge in [-0.15, -0.1) is 0 Å². The molecule has 2 aromatic heterocycles. The molecule has 2 aliphatic heterocycles. The van der Waals surface area contributed by atoms with Crippen LogP contribution in [0.2, 0.25) is 0 Å². The van der Waals surface area contributed by atoms with Gasteiger partial charge in [0.2, 0.25) is 0 Å². The minimum absolute atomic E-state index is 0.0423. The number of hydrogen-bond donors (Lipinski definition) is 2. The van der Waals surface area contributed by atoms with E-state index in [0.29, 0.717) is 43.0 Å². The molecular formula is C19H27N5O4. The van der Waals surface area contributed by atoms with Gasteiger partial charge in [0.05, 0.1) is 0 Å². The van der Waals surface area contributed by atoms with Crippen LogP contribution in [0, 0.1) is 5.92 Å². The van der Waals surface area contributed by atoms with E-state index in [1.807, 2.05) is 4.57 Å². The Kier molecular flexibility index (Phi) is 5.34. The highest BCUT2D eigenvalue weighted by Crippen LogP contribution is 2.22. The summed E-state index contributed by atoms with van der Waals surface area (Å²) in [5, 5.41) is 12.1. The summed E-state index contributed by atoms with van der Waals surface area (Å²) in [5.41, 5.74) is 0.361. The molecule has 2 N–H and O–H groups in total. The van der Waals surface area contributed by atoms with Crippen molar-refractivity contribution >= 4 is 17.1 Å². The second-order valence-corrected chi connectivity index (χ2v) is 7.83. The first kappa shape index (κ1) is 18.9. The topological polar surface area (TPSA) is 111 Å². The Morgan fingerprint density at radius 1 is 1.14 bits per heavy atom. The predicted octanol–water partition coefficient (Wildman–Crippen LogP) is 0.560. The van der Waals surface area contributed by atoms with E-state index in [1.165, 1.54) is 17.4 Å². The summed E-state index contributed by atoms with van der Waals surface area (Å²) >= 11 is 0. The molecular weight excluding hydrogens is 362 g/mol. The zero-order valence-corrected chi connectivity index (χ0v) is 16.0. The Morgan fingerprint density at radius 2 is 1.89 bits per heavy atom. The van der Waals surface area contributed by atoms with E-state index in [-0.39, 0.29) is 24.2 Å². The molecule has 152 valence electrons. The summed E-state index contributed by atoms with van der Waals surface area (Å²) in [4.78, 5) is 40.9. The number of rotatable bonds is 8. The van der Waals surface area contributed by atoms with Gasteiger partial charge in [0.15, 0.2) is 5.52 Å². The molecule has 2 aromatic rings. The van der Waals surface area contributed by atoms with Gasteiger partial charge in [0, 0.05) is 32.5 Å². The van der Waals surface area contributed by atoms with Crippen LogP contribution in [0.1, 0.15) is 44.3 Å². The van der Waals surface area contributed by atoms with Crippen molar-refractivity contribution in [2.75, 3.05) is 13.1 Å². The van der Waals surface area contributed by atoms with Crippen LogP contribution in [0.5, 0.6) is 0 Å². The average Bonchev–Trinajstić information content (AvgIpc) is 3.27. The standard InChI is InChI=1S/C19H27N5O4/c25-15(26)3-1-2-10-24-18(27)16-17-22(11-12-23(17)19(24)28)14(21-16)5-4-13-6-8-20-9-7-13/h13,20H,1-12H2,(H,25,26). The Balaban J connectivity index is 1.58. The van der Waals surface area contributed by atoms with Crippen molar-refractivity contribution < 1.29 is 9.90 Å². The number of aliphatic carboxylic acids is 1. The molecule has 0 aromatic carbocycles. The monoisotopic (exact) mass is 389 g/mol. The number of nitrogens with one attached hydrogen (secondary N) is 1. The van der Waals surface area contributed by atoms with Crippen LogP contribution in [0.25, 0.3) is 11.2 Å². The third-order valence-electron chi connectivity index (χ3n) is 5.99. The molecule has 0 saturated carbocycles. The molecule has 0 atom stereocenters. The quantitative estimate of drug-likeness (QED) is 0.638. The molecule has 0 bridgehead atoms. The number of hydrogen-bond acceptors (Lipinski definition) is 5.